The van der Waals surface area contributed by atoms with Crippen molar-refractivity contribution >= 4 is 0 Å². The molecule has 0 atom stereocenters. The lowest BCUT2D eigenvalue weighted by atomic mass is 10.2. The van der Waals surface area contributed by atoms with E-state index in [-0.39, 0.29) is 0 Å². The molecule has 0 bridgehead atoms. The summed E-state index contributed by atoms with van der Waals surface area (Å²) >= 11 is 0. The Morgan fingerprint density at radius 3 is 2.39 bits per heavy atom. The molecule has 0 aromatic carbocycles. The third-order valence-electron chi connectivity index (χ3n) is 3.35. The molecule has 1 heterocycles. The van der Waals surface area contributed by atoms with Crippen molar-refractivity contribution in [2.24, 2.45) is 7.05 Å². The van der Waals surface area contributed by atoms with Gasteiger partial charge in [0.15, 0.2) is 0 Å². The van der Waals surface area contributed by atoms with E-state index in [1.807, 2.05) is 17.9 Å². The molecule has 1 rings (SSSR count). The average molecular weight is 252 g/mol. The molecule has 0 amide bonds. The molecule has 1 aromatic heterocycles. The largest absolute Gasteiger partial charge is 0.315 e. The molecule has 0 aliphatic carbocycles. The summed E-state index contributed by atoms with van der Waals surface area (Å²) in [5.41, 5.74) is 1.28. The summed E-state index contributed by atoms with van der Waals surface area (Å²) in [6.07, 6.45) is 2.90. The lowest BCUT2D eigenvalue weighted by molar-refractivity contribution is 0.176. The SMILES string of the molecule is CC(C)N(CCNCCc1ccnn1C)C(C)C. The average Bonchev–Trinajstić information content (AvgIpc) is 2.68. The van der Waals surface area contributed by atoms with Crippen LogP contribution in [0.2, 0.25) is 0 Å². The maximum Gasteiger partial charge on any atom is 0.0492 e. The Balaban J connectivity index is 2.17. The van der Waals surface area contributed by atoms with Crippen LogP contribution in [0, 0.1) is 0 Å². The second-order valence-electron chi connectivity index (χ2n) is 5.37. The molecule has 0 unspecified atom stereocenters. The molecule has 18 heavy (non-hydrogen) atoms. The van der Waals surface area contributed by atoms with Gasteiger partial charge in [0.25, 0.3) is 0 Å². The number of rotatable bonds is 8. The minimum absolute atomic E-state index is 0.615. The van der Waals surface area contributed by atoms with Crippen molar-refractivity contribution in [2.45, 2.75) is 46.2 Å². The maximum atomic E-state index is 4.17. The van der Waals surface area contributed by atoms with Gasteiger partial charge in [-0.2, -0.15) is 5.10 Å². The molecule has 0 aliphatic heterocycles. The van der Waals surface area contributed by atoms with Gasteiger partial charge in [0.1, 0.15) is 0 Å². The zero-order chi connectivity index (χ0) is 13.5. The predicted octanol–water partition coefficient (Wildman–Crippen LogP) is 1.67. The molecule has 0 saturated carbocycles. The van der Waals surface area contributed by atoms with E-state index in [0.717, 1.165) is 26.1 Å². The number of nitrogens with zero attached hydrogens (tertiary/aromatic N) is 3. The molecule has 1 aromatic rings. The van der Waals surface area contributed by atoms with Crippen LogP contribution in [0.1, 0.15) is 33.4 Å². The Labute approximate surface area is 111 Å². The van der Waals surface area contributed by atoms with Crippen LogP contribution in [0.25, 0.3) is 0 Å². The van der Waals surface area contributed by atoms with Gasteiger partial charge in [-0.25, -0.2) is 0 Å². The van der Waals surface area contributed by atoms with Crippen molar-refractivity contribution in [3.05, 3.63) is 18.0 Å². The van der Waals surface area contributed by atoms with Crippen LogP contribution >= 0.6 is 0 Å². The predicted molar refractivity (Wildman–Crippen MR) is 76.8 cm³/mol. The van der Waals surface area contributed by atoms with Crippen molar-refractivity contribution in [1.29, 1.82) is 0 Å². The monoisotopic (exact) mass is 252 g/mol. The lowest BCUT2D eigenvalue weighted by Crippen LogP contribution is -2.41. The van der Waals surface area contributed by atoms with Crippen molar-refractivity contribution in [1.82, 2.24) is 20.0 Å². The Morgan fingerprint density at radius 2 is 1.89 bits per heavy atom. The minimum Gasteiger partial charge on any atom is -0.315 e. The first-order chi connectivity index (χ1) is 8.52. The Bertz CT molecular complexity index is 322. The van der Waals surface area contributed by atoms with Crippen molar-refractivity contribution in [3.8, 4) is 0 Å². The minimum atomic E-state index is 0.615. The molecule has 0 radical (unpaired) electrons. The molecule has 4 nitrogen and oxygen atoms in total. The van der Waals surface area contributed by atoms with E-state index >= 15 is 0 Å². The Hall–Kier alpha value is -0.870. The highest BCUT2D eigenvalue weighted by Crippen LogP contribution is 2.03. The van der Waals surface area contributed by atoms with E-state index in [2.05, 4.69) is 49.1 Å². The zero-order valence-corrected chi connectivity index (χ0v) is 12.5. The highest BCUT2D eigenvalue weighted by atomic mass is 15.3. The second-order valence-corrected chi connectivity index (χ2v) is 5.37. The molecular formula is C14H28N4. The first kappa shape index (κ1) is 15.2. The molecule has 0 aliphatic rings. The number of aromatic nitrogens is 2. The summed E-state index contributed by atoms with van der Waals surface area (Å²) < 4.78 is 1.94. The molecule has 0 saturated heterocycles. The van der Waals surface area contributed by atoms with Crippen LogP contribution in [-0.2, 0) is 13.5 Å². The Morgan fingerprint density at radius 1 is 1.22 bits per heavy atom. The highest BCUT2D eigenvalue weighted by Gasteiger charge is 2.11. The summed E-state index contributed by atoms with van der Waals surface area (Å²) in [4.78, 5) is 2.51. The number of aryl methyl sites for hydroxylation is 1. The summed E-state index contributed by atoms with van der Waals surface area (Å²) in [5.74, 6) is 0. The van der Waals surface area contributed by atoms with Crippen molar-refractivity contribution in [3.63, 3.8) is 0 Å². The van der Waals surface area contributed by atoms with Crippen LogP contribution in [0.15, 0.2) is 12.3 Å². The molecule has 4 heteroatoms. The molecular weight excluding hydrogens is 224 g/mol. The summed E-state index contributed by atoms with van der Waals surface area (Å²) in [6.45, 7) is 12.2. The fourth-order valence-corrected chi connectivity index (χ4v) is 2.31. The fraction of sp³-hybridized carbons (Fsp3) is 0.786. The normalized spacial score (nSPS) is 12.0. The Kier molecular flexibility index (Phi) is 6.36. The third kappa shape index (κ3) is 4.78. The van der Waals surface area contributed by atoms with E-state index in [1.54, 1.807) is 0 Å². The van der Waals surface area contributed by atoms with E-state index in [0.29, 0.717) is 12.1 Å². The lowest BCUT2D eigenvalue weighted by Gasteiger charge is -2.30. The zero-order valence-electron chi connectivity index (χ0n) is 12.5. The van der Waals surface area contributed by atoms with Crippen LogP contribution in [0.4, 0.5) is 0 Å². The van der Waals surface area contributed by atoms with Gasteiger partial charge in [-0.1, -0.05) is 0 Å². The third-order valence-corrected chi connectivity index (χ3v) is 3.35. The van der Waals surface area contributed by atoms with E-state index in [1.165, 1.54) is 5.69 Å². The van der Waals surface area contributed by atoms with Gasteiger partial charge < -0.3 is 5.32 Å². The topological polar surface area (TPSA) is 33.1 Å². The highest BCUT2D eigenvalue weighted by molar-refractivity contribution is 5.00. The van der Waals surface area contributed by atoms with Gasteiger partial charge in [0.05, 0.1) is 0 Å². The van der Waals surface area contributed by atoms with Gasteiger partial charge in [-0.05, 0) is 33.8 Å². The first-order valence-electron chi connectivity index (χ1n) is 6.95. The quantitative estimate of drug-likeness (QED) is 0.715. The van der Waals surface area contributed by atoms with Gasteiger partial charge in [-0.15, -0.1) is 0 Å². The molecule has 1 N–H and O–H groups in total. The van der Waals surface area contributed by atoms with Gasteiger partial charge in [0, 0.05) is 57.1 Å². The number of nitrogens with one attached hydrogen (secondary N) is 1. The van der Waals surface area contributed by atoms with E-state index in [9.17, 15) is 0 Å². The van der Waals surface area contributed by atoms with Crippen LogP contribution in [-0.4, -0.2) is 46.4 Å². The van der Waals surface area contributed by atoms with Gasteiger partial charge >= 0.3 is 0 Å². The molecule has 104 valence electrons. The number of hydrogen-bond acceptors (Lipinski definition) is 3. The summed E-state index contributed by atoms with van der Waals surface area (Å²) in [5, 5.41) is 7.68. The standard InChI is InChI=1S/C14H28N4/c1-12(2)18(13(3)4)11-10-15-8-6-14-7-9-16-17(14)5/h7,9,12-13,15H,6,8,10-11H2,1-5H3. The van der Waals surface area contributed by atoms with Gasteiger partial charge in [-0.3, -0.25) is 9.58 Å². The van der Waals surface area contributed by atoms with E-state index < -0.39 is 0 Å². The van der Waals surface area contributed by atoms with Crippen LogP contribution in [0.5, 0.6) is 0 Å². The van der Waals surface area contributed by atoms with E-state index in [4.69, 9.17) is 0 Å². The smallest absolute Gasteiger partial charge is 0.0492 e. The fourth-order valence-electron chi connectivity index (χ4n) is 2.31. The molecule has 0 spiro atoms. The maximum absolute atomic E-state index is 4.17. The van der Waals surface area contributed by atoms with Crippen molar-refractivity contribution < 1.29 is 0 Å². The van der Waals surface area contributed by atoms with Gasteiger partial charge in [0.2, 0.25) is 0 Å². The van der Waals surface area contributed by atoms with Crippen LogP contribution < -0.4 is 5.32 Å². The summed E-state index contributed by atoms with van der Waals surface area (Å²) in [6, 6.07) is 3.31. The summed E-state index contributed by atoms with van der Waals surface area (Å²) in [7, 11) is 1.99. The van der Waals surface area contributed by atoms with Crippen molar-refractivity contribution in [2.75, 3.05) is 19.6 Å². The number of hydrogen-bond donors (Lipinski definition) is 1. The van der Waals surface area contributed by atoms with Crippen LogP contribution in [0.3, 0.4) is 0 Å². The molecule has 0 fully saturated rings. The first-order valence-corrected chi connectivity index (χ1v) is 6.95. The second kappa shape index (κ2) is 7.54.